The maximum atomic E-state index is 12.2. The Balaban J connectivity index is 1.67. The predicted molar refractivity (Wildman–Crippen MR) is 123 cm³/mol. The van der Waals surface area contributed by atoms with E-state index in [-0.39, 0.29) is 11.8 Å². The summed E-state index contributed by atoms with van der Waals surface area (Å²) < 4.78 is 10.7. The molecule has 0 aliphatic carbocycles. The van der Waals surface area contributed by atoms with Gasteiger partial charge < -0.3 is 25.0 Å². The molecule has 2 aromatic carbocycles. The number of carbonyl (C=O) groups excluding carboxylic acids is 2. The number of nitrogens with zero attached hydrogens (tertiary/aromatic N) is 1. The highest BCUT2D eigenvalue weighted by molar-refractivity contribution is 5.95. The van der Waals surface area contributed by atoms with Gasteiger partial charge in [-0.3, -0.25) is 9.59 Å². The van der Waals surface area contributed by atoms with Crippen molar-refractivity contribution in [2.75, 3.05) is 45.2 Å². The lowest BCUT2D eigenvalue weighted by atomic mass is 10.2. The monoisotopic (exact) mass is 427 g/mol. The third-order valence-electron chi connectivity index (χ3n) is 4.92. The summed E-state index contributed by atoms with van der Waals surface area (Å²) >= 11 is 0. The molecule has 0 saturated heterocycles. The van der Waals surface area contributed by atoms with Crippen LogP contribution in [0.2, 0.25) is 0 Å². The minimum Gasteiger partial charge on any atom is -0.497 e. The van der Waals surface area contributed by atoms with Crippen molar-refractivity contribution in [1.82, 2.24) is 10.2 Å². The first-order chi connectivity index (χ1) is 15.0. The SMILES string of the molecule is CCN(CC)CCNC(=O)c1ccc(NC(=O)CCCOc2ccc(OC)cc2)cc1. The highest BCUT2D eigenvalue weighted by atomic mass is 16.5. The molecule has 0 bridgehead atoms. The van der Waals surface area contributed by atoms with Crippen LogP contribution >= 0.6 is 0 Å². The van der Waals surface area contributed by atoms with Gasteiger partial charge in [-0.1, -0.05) is 13.8 Å². The van der Waals surface area contributed by atoms with Crippen molar-refractivity contribution in [2.24, 2.45) is 0 Å². The number of benzene rings is 2. The quantitative estimate of drug-likeness (QED) is 0.478. The van der Waals surface area contributed by atoms with Crippen LogP contribution in [0.3, 0.4) is 0 Å². The van der Waals surface area contributed by atoms with Gasteiger partial charge >= 0.3 is 0 Å². The number of likely N-dealkylation sites (N-methyl/N-ethyl adjacent to an activating group) is 1. The van der Waals surface area contributed by atoms with Gasteiger partial charge in [0.1, 0.15) is 11.5 Å². The molecule has 0 radical (unpaired) electrons. The van der Waals surface area contributed by atoms with E-state index in [1.165, 1.54) is 0 Å². The first-order valence-corrected chi connectivity index (χ1v) is 10.7. The molecule has 2 aromatic rings. The van der Waals surface area contributed by atoms with Crippen molar-refractivity contribution in [1.29, 1.82) is 0 Å². The summed E-state index contributed by atoms with van der Waals surface area (Å²) in [6, 6.07) is 14.2. The summed E-state index contributed by atoms with van der Waals surface area (Å²) in [4.78, 5) is 26.6. The summed E-state index contributed by atoms with van der Waals surface area (Å²) in [5.41, 5.74) is 1.24. The zero-order chi connectivity index (χ0) is 22.5. The van der Waals surface area contributed by atoms with Crippen LogP contribution in [0.1, 0.15) is 37.0 Å². The smallest absolute Gasteiger partial charge is 0.251 e. The second-order valence-electron chi connectivity index (χ2n) is 7.04. The number of methoxy groups -OCH3 is 1. The molecule has 0 unspecified atom stereocenters. The molecule has 0 aliphatic rings. The molecule has 0 spiro atoms. The molecule has 0 atom stereocenters. The molecule has 0 aromatic heterocycles. The second kappa shape index (κ2) is 13.3. The van der Waals surface area contributed by atoms with E-state index in [1.807, 2.05) is 24.3 Å². The Morgan fingerprint density at radius 1 is 0.935 bits per heavy atom. The van der Waals surface area contributed by atoms with Crippen LogP contribution in [0, 0.1) is 0 Å². The Labute approximate surface area is 184 Å². The van der Waals surface area contributed by atoms with Crippen LogP contribution < -0.4 is 20.1 Å². The standard InChI is InChI=1S/C24H33N3O4/c1-4-27(5-2)17-16-25-24(29)19-8-10-20(11-9-19)26-23(28)7-6-18-31-22-14-12-21(30-3)13-15-22/h8-15H,4-7,16-18H2,1-3H3,(H,25,29)(H,26,28). The highest BCUT2D eigenvalue weighted by Crippen LogP contribution is 2.17. The van der Waals surface area contributed by atoms with Gasteiger partial charge in [0, 0.05) is 30.8 Å². The van der Waals surface area contributed by atoms with E-state index >= 15 is 0 Å². The van der Waals surface area contributed by atoms with Gasteiger partial charge in [0.25, 0.3) is 5.91 Å². The predicted octanol–water partition coefficient (Wildman–Crippen LogP) is 3.56. The molecule has 0 saturated carbocycles. The van der Waals surface area contributed by atoms with E-state index in [9.17, 15) is 9.59 Å². The lowest BCUT2D eigenvalue weighted by Crippen LogP contribution is -2.34. The molecule has 0 heterocycles. The summed E-state index contributed by atoms with van der Waals surface area (Å²) in [5, 5.41) is 5.77. The third-order valence-corrected chi connectivity index (χ3v) is 4.92. The Kier molecular flexibility index (Phi) is 10.4. The second-order valence-corrected chi connectivity index (χ2v) is 7.04. The topological polar surface area (TPSA) is 79.9 Å². The summed E-state index contributed by atoms with van der Waals surface area (Å²) in [6.45, 7) is 8.03. The molecule has 31 heavy (non-hydrogen) atoms. The number of anilines is 1. The number of carbonyl (C=O) groups is 2. The lowest BCUT2D eigenvalue weighted by molar-refractivity contribution is -0.116. The van der Waals surface area contributed by atoms with E-state index in [2.05, 4.69) is 29.4 Å². The molecular formula is C24H33N3O4. The Bertz CT molecular complexity index is 803. The Morgan fingerprint density at radius 2 is 1.58 bits per heavy atom. The van der Waals surface area contributed by atoms with Crippen molar-refractivity contribution < 1.29 is 19.1 Å². The molecule has 0 fully saturated rings. The van der Waals surface area contributed by atoms with Gasteiger partial charge in [-0.15, -0.1) is 0 Å². The first-order valence-electron chi connectivity index (χ1n) is 10.7. The van der Waals surface area contributed by atoms with Crippen molar-refractivity contribution >= 4 is 17.5 Å². The fourth-order valence-electron chi connectivity index (χ4n) is 2.99. The average molecular weight is 428 g/mol. The normalized spacial score (nSPS) is 10.6. The first kappa shape index (κ1) is 24.2. The van der Waals surface area contributed by atoms with Crippen molar-refractivity contribution in [3.8, 4) is 11.5 Å². The van der Waals surface area contributed by atoms with Crippen LogP contribution in [0.4, 0.5) is 5.69 Å². The van der Waals surface area contributed by atoms with Gasteiger partial charge in [0.15, 0.2) is 0 Å². The number of hydrogen-bond donors (Lipinski definition) is 2. The van der Waals surface area contributed by atoms with E-state index in [4.69, 9.17) is 9.47 Å². The fraction of sp³-hybridized carbons (Fsp3) is 0.417. The number of nitrogens with one attached hydrogen (secondary N) is 2. The van der Waals surface area contributed by atoms with E-state index in [0.29, 0.717) is 37.2 Å². The van der Waals surface area contributed by atoms with E-state index < -0.39 is 0 Å². The molecule has 168 valence electrons. The largest absolute Gasteiger partial charge is 0.497 e. The molecule has 7 nitrogen and oxygen atoms in total. The lowest BCUT2D eigenvalue weighted by Gasteiger charge is -2.18. The van der Waals surface area contributed by atoms with Crippen LogP contribution in [0.15, 0.2) is 48.5 Å². The molecule has 0 aliphatic heterocycles. The van der Waals surface area contributed by atoms with Crippen LogP contribution in [-0.2, 0) is 4.79 Å². The molecule has 2 amide bonds. The minimum absolute atomic E-state index is 0.0882. The van der Waals surface area contributed by atoms with Gasteiger partial charge in [0.05, 0.1) is 13.7 Å². The van der Waals surface area contributed by atoms with E-state index in [1.54, 1.807) is 31.4 Å². The molecular weight excluding hydrogens is 394 g/mol. The van der Waals surface area contributed by atoms with Crippen molar-refractivity contribution in [3.05, 3.63) is 54.1 Å². The van der Waals surface area contributed by atoms with Gasteiger partial charge in [-0.25, -0.2) is 0 Å². The number of amides is 2. The highest BCUT2D eigenvalue weighted by Gasteiger charge is 2.08. The minimum atomic E-state index is -0.110. The molecule has 2 N–H and O–H groups in total. The molecule has 2 rings (SSSR count). The van der Waals surface area contributed by atoms with E-state index in [0.717, 1.165) is 31.1 Å². The maximum absolute atomic E-state index is 12.2. The third kappa shape index (κ3) is 8.68. The number of rotatable bonds is 13. The van der Waals surface area contributed by atoms with Crippen molar-refractivity contribution in [3.63, 3.8) is 0 Å². The van der Waals surface area contributed by atoms with Gasteiger partial charge in [-0.2, -0.15) is 0 Å². The zero-order valence-corrected chi connectivity index (χ0v) is 18.6. The summed E-state index contributed by atoms with van der Waals surface area (Å²) in [5.74, 6) is 1.32. The summed E-state index contributed by atoms with van der Waals surface area (Å²) in [6.07, 6.45) is 0.953. The van der Waals surface area contributed by atoms with Gasteiger partial charge in [-0.05, 0) is 68.0 Å². The maximum Gasteiger partial charge on any atom is 0.251 e. The number of ether oxygens (including phenoxy) is 2. The average Bonchev–Trinajstić information content (AvgIpc) is 2.80. The van der Waals surface area contributed by atoms with Crippen LogP contribution in [0.5, 0.6) is 11.5 Å². The van der Waals surface area contributed by atoms with Crippen LogP contribution in [-0.4, -0.2) is 56.6 Å². The fourth-order valence-corrected chi connectivity index (χ4v) is 2.99. The molecule has 7 heteroatoms. The van der Waals surface area contributed by atoms with Crippen LogP contribution in [0.25, 0.3) is 0 Å². The zero-order valence-electron chi connectivity index (χ0n) is 18.6. The summed E-state index contributed by atoms with van der Waals surface area (Å²) in [7, 11) is 1.62. The Morgan fingerprint density at radius 3 is 2.19 bits per heavy atom. The van der Waals surface area contributed by atoms with Crippen molar-refractivity contribution in [2.45, 2.75) is 26.7 Å². The number of hydrogen-bond acceptors (Lipinski definition) is 5. The Hall–Kier alpha value is -3.06. The van der Waals surface area contributed by atoms with Gasteiger partial charge in [0.2, 0.25) is 5.91 Å².